The fourth-order valence-electron chi connectivity index (χ4n) is 1.64. The minimum Gasteiger partial charge on any atom is -0.486 e. The number of fused-ring (bicyclic) bond motifs is 1. The number of aromatic nitrogens is 2. The molecule has 0 aliphatic heterocycles. The Hall–Kier alpha value is -1.07. The van der Waals surface area contributed by atoms with Crippen molar-refractivity contribution in [2.24, 2.45) is 0 Å². The molecule has 0 unspecified atom stereocenters. The summed E-state index contributed by atoms with van der Waals surface area (Å²) in [4.78, 5) is 9.44. The van der Waals surface area contributed by atoms with Crippen LogP contribution in [0.5, 0.6) is 5.75 Å². The van der Waals surface area contributed by atoms with Crippen molar-refractivity contribution in [3.05, 3.63) is 50.7 Å². The molecule has 3 rings (SSSR count). The van der Waals surface area contributed by atoms with Crippen molar-refractivity contribution in [1.29, 1.82) is 0 Å². The maximum atomic E-state index is 6.09. The van der Waals surface area contributed by atoms with Crippen LogP contribution >= 0.6 is 46.1 Å². The van der Waals surface area contributed by atoms with Gasteiger partial charge in [-0.2, -0.15) is 0 Å². The molecule has 2 aromatic heterocycles. The predicted octanol–water partition coefficient (Wildman–Crippen LogP) is 5.23. The zero-order valence-corrected chi connectivity index (χ0v) is 13.0. The van der Waals surface area contributed by atoms with Crippen molar-refractivity contribution in [2.75, 3.05) is 0 Å². The van der Waals surface area contributed by atoms with Gasteiger partial charge >= 0.3 is 0 Å². The second kappa shape index (κ2) is 5.74. The summed E-state index contributed by atoms with van der Waals surface area (Å²) in [6.45, 7) is 0.214. The Kier molecular flexibility index (Phi) is 3.98. The number of benzene rings is 1. The number of hydrogen-bond acceptors (Lipinski definition) is 4. The second-order valence-corrected chi connectivity index (χ2v) is 6.00. The summed E-state index contributed by atoms with van der Waals surface area (Å²) in [5.41, 5.74) is 0. The van der Waals surface area contributed by atoms with Crippen LogP contribution in [0.1, 0.15) is 5.82 Å². The first-order chi connectivity index (χ1) is 9.63. The molecular weight excluding hydrogens is 339 g/mol. The Labute approximate surface area is 134 Å². The van der Waals surface area contributed by atoms with Crippen LogP contribution < -0.4 is 4.74 Å². The van der Waals surface area contributed by atoms with E-state index in [1.165, 1.54) is 11.3 Å². The Morgan fingerprint density at radius 2 is 1.90 bits per heavy atom. The average molecular weight is 346 g/mol. The molecule has 0 saturated heterocycles. The fourth-order valence-corrected chi connectivity index (χ4v) is 3.02. The minimum absolute atomic E-state index is 0.214. The van der Waals surface area contributed by atoms with E-state index in [-0.39, 0.29) is 6.61 Å². The van der Waals surface area contributed by atoms with Crippen molar-refractivity contribution >= 4 is 56.4 Å². The van der Waals surface area contributed by atoms with Crippen molar-refractivity contribution < 1.29 is 4.74 Å². The molecule has 3 nitrogen and oxygen atoms in total. The fraction of sp³-hybridized carbons (Fsp3) is 0.0769. The smallest absolute Gasteiger partial charge is 0.169 e. The van der Waals surface area contributed by atoms with Gasteiger partial charge in [-0.1, -0.05) is 34.8 Å². The Balaban J connectivity index is 1.80. The Bertz CT molecular complexity index is 775. The molecule has 0 saturated carbocycles. The lowest BCUT2D eigenvalue weighted by Crippen LogP contribution is -2.01. The maximum absolute atomic E-state index is 6.09. The van der Waals surface area contributed by atoms with Gasteiger partial charge in [0.05, 0.1) is 10.0 Å². The van der Waals surface area contributed by atoms with Crippen molar-refractivity contribution in [1.82, 2.24) is 9.97 Å². The zero-order chi connectivity index (χ0) is 14.1. The van der Waals surface area contributed by atoms with Gasteiger partial charge in [-0.25, -0.2) is 9.97 Å². The molecule has 0 radical (unpaired) electrons. The SMILES string of the molecule is Clc1ccc(OCc2nc(Cl)c3ccsc3n2)cc1Cl. The lowest BCUT2D eigenvalue weighted by molar-refractivity contribution is 0.296. The van der Waals surface area contributed by atoms with E-state index in [0.29, 0.717) is 26.8 Å². The summed E-state index contributed by atoms with van der Waals surface area (Å²) in [6, 6.07) is 6.95. The van der Waals surface area contributed by atoms with Gasteiger partial charge in [0.15, 0.2) is 5.82 Å². The quantitative estimate of drug-likeness (QED) is 0.610. The van der Waals surface area contributed by atoms with Crippen molar-refractivity contribution in [3.8, 4) is 5.75 Å². The standard InChI is InChI=1S/C13H7Cl3N2OS/c14-9-2-1-7(5-10(9)15)19-6-11-17-12(16)8-3-4-20-13(8)18-11/h1-5H,6H2. The molecule has 102 valence electrons. The van der Waals surface area contributed by atoms with Gasteiger partial charge in [0.1, 0.15) is 22.3 Å². The molecule has 0 aliphatic rings. The van der Waals surface area contributed by atoms with E-state index in [1.54, 1.807) is 18.2 Å². The van der Waals surface area contributed by atoms with E-state index in [0.717, 1.165) is 10.2 Å². The van der Waals surface area contributed by atoms with Gasteiger partial charge in [0, 0.05) is 11.5 Å². The Morgan fingerprint density at radius 1 is 1.05 bits per heavy atom. The molecule has 0 spiro atoms. The van der Waals surface area contributed by atoms with E-state index in [4.69, 9.17) is 39.5 Å². The van der Waals surface area contributed by atoms with E-state index < -0.39 is 0 Å². The molecule has 2 heterocycles. The normalized spacial score (nSPS) is 10.9. The summed E-state index contributed by atoms with van der Waals surface area (Å²) in [6.07, 6.45) is 0. The largest absolute Gasteiger partial charge is 0.486 e. The van der Waals surface area contributed by atoms with Crippen molar-refractivity contribution in [3.63, 3.8) is 0 Å². The van der Waals surface area contributed by atoms with Crippen LogP contribution in [-0.2, 0) is 6.61 Å². The molecule has 1 aromatic carbocycles. The number of nitrogens with zero attached hydrogens (tertiary/aromatic N) is 2. The average Bonchev–Trinajstić information content (AvgIpc) is 2.89. The van der Waals surface area contributed by atoms with Gasteiger partial charge in [-0.3, -0.25) is 0 Å². The number of halogens is 3. The van der Waals surface area contributed by atoms with Gasteiger partial charge in [-0.15, -0.1) is 11.3 Å². The highest BCUT2D eigenvalue weighted by Crippen LogP contribution is 2.27. The molecule has 7 heteroatoms. The number of hydrogen-bond donors (Lipinski definition) is 0. The molecule has 0 amide bonds. The minimum atomic E-state index is 0.214. The van der Waals surface area contributed by atoms with Gasteiger partial charge in [-0.05, 0) is 23.6 Å². The number of thiophene rings is 1. The third-order valence-corrected chi connectivity index (χ3v) is 4.42. The Morgan fingerprint density at radius 3 is 2.70 bits per heavy atom. The third-order valence-electron chi connectivity index (χ3n) is 2.58. The van der Waals surface area contributed by atoms with Crippen LogP contribution in [0.4, 0.5) is 0 Å². The molecule has 0 N–H and O–H groups in total. The molecule has 20 heavy (non-hydrogen) atoms. The van der Waals surface area contributed by atoms with Crippen LogP contribution in [-0.4, -0.2) is 9.97 Å². The van der Waals surface area contributed by atoms with Gasteiger partial charge in [0.25, 0.3) is 0 Å². The summed E-state index contributed by atoms with van der Waals surface area (Å²) in [5, 5.41) is 4.14. The summed E-state index contributed by atoms with van der Waals surface area (Å²) in [5.74, 6) is 1.13. The summed E-state index contributed by atoms with van der Waals surface area (Å²) in [7, 11) is 0. The van der Waals surface area contributed by atoms with Crippen LogP contribution in [0.25, 0.3) is 10.2 Å². The van der Waals surface area contributed by atoms with Crippen LogP contribution in [0.15, 0.2) is 29.6 Å². The molecule has 0 atom stereocenters. The maximum Gasteiger partial charge on any atom is 0.169 e. The van der Waals surface area contributed by atoms with Gasteiger partial charge < -0.3 is 4.74 Å². The molecule has 3 aromatic rings. The van der Waals surface area contributed by atoms with Crippen LogP contribution in [0.3, 0.4) is 0 Å². The highest BCUT2D eigenvalue weighted by Gasteiger charge is 2.08. The number of rotatable bonds is 3. The highest BCUT2D eigenvalue weighted by atomic mass is 35.5. The topological polar surface area (TPSA) is 35.0 Å². The predicted molar refractivity (Wildman–Crippen MR) is 83.2 cm³/mol. The first-order valence-corrected chi connectivity index (χ1v) is 7.62. The summed E-state index contributed by atoms with van der Waals surface area (Å²) < 4.78 is 5.59. The van der Waals surface area contributed by atoms with Crippen LogP contribution in [0.2, 0.25) is 15.2 Å². The van der Waals surface area contributed by atoms with E-state index in [9.17, 15) is 0 Å². The monoisotopic (exact) mass is 344 g/mol. The lowest BCUT2D eigenvalue weighted by Gasteiger charge is -2.06. The van der Waals surface area contributed by atoms with Crippen molar-refractivity contribution in [2.45, 2.75) is 6.61 Å². The summed E-state index contributed by atoms with van der Waals surface area (Å²) >= 11 is 19.4. The second-order valence-electron chi connectivity index (χ2n) is 3.93. The van der Waals surface area contributed by atoms with Gasteiger partial charge in [0.2, 0.25) is 0 Å². The third kappa shape index (κ3) is 2.83. The van der Waals surface area contributed by atoms with E-state index in [2.05, 4.69) is 9.97 Å². The lowest BCUT2D eigenvalue weighted by atomic mass is 10.3. The highest BCUT2D eigenvalue weighted by molar-refractivity contribution is 7.16. The molecule has 0 bridgehead atoms. The number of ether oxygens (including phenoxy) is 1. The molecular formula is C13H7Cl3N2OS. The van der Waals surface area contributed by atoms with E-state index in [1.807, 2.05) is 11.4 Å². The zero-order valence-electron chi connectivity index (χ0n) is 9.94. The molecule has 0 aliphatic carbocycles. The first-order valence-electron chi connectivity index (χ1n) is 5.61. The van der Waals surface area contributed by atoms with E-state index >= 15 is 0 Å². The first kappa shape index (κ1) is 13.9. The molecule has 0 fully saturated rings. The van der Waals surface area contributed by atoms with Crippen LogP contribution in [0, 0.1) is 0 Å².